The summed E-state index contributed by atoms with van der Waals surface area (Å²) in [6, 6.07) is 5.83. The number of ether oxygens (including phenoxy) is 1. The minimum atomic E-state index is -0.314. The first kappa shape index (κ1) is 14.7. The van der Waals surface area contributed by atoms with E-state index in [4.69, 9.17) is 10.5 Å². The van der Waals surface area contributed by atoms with E-state index < -0.39 is 0 Å². The third-order valence-electron chi connectivity index (χ3n) is 3.57. The van der Waals surface area contributed by atoms with Crippen LogP contribution in [0.4, 0.5) is 11.4 Å². The van der Waals surface area contributed by atoms with Gasteiger partial charge in [-0.05, 0) is 44.9 Å². The van der Waals surface area contributed by atoms with Crippen LogP contribution in [-0.4, -0.2) is 18.1 Å². The van der Waals surface area contributed by atoms with Crippen LogP contribution in [0.1, 0.15) is 56.3 Å². The maximum absolute atomic E-state index is 12.2. The number of benzene rings is 1. The van der Waals surface area contributed by atoms with E-state index in [9.17, 15) is 4.79 Å². The van der Waals surface area contributed by atoms with E-state index in [1.165, 1.54) is 19.3 Å². The number of anilines is 2. The molecule has 0 atom stereocenters. The Hall–Kier alpha value is -1.71. The minimum Gasteiger partial charge on any atom is -0.459 e. The summed E-state index contributed by atoms with van der Waals surface area (Å²) in [6.45, 7) is 3.69. The van der Waals surface area contributed by atoms with Gasteiger partial charge in [-0.1, -0.05) is 19.3 Å². The molecule has 0 spiro atoms. The van der Waals surface area contributed by atoms with E-state index >= 15 is 0 Å². The van der Waals surface area contributed by atoms with Gasteiger partial charge in [0.25, 0.3) is 0 Å². The number of carbonyl (C=O) groups is 1. The van der Waals surface area contributed by atoms with Crippen LogP contribution in [0.15, 0.2) is 18.2 Å². The van der Waals surface area contributed by atoms with E-state index in [2.05, 4.69) is 5.32 Å². The van der Waals surface area contributed by atoms with Gasteiger partial charge < -0.3 is 15.8 Å². The molecule has 0 saturated heterocycles. The summed E-state index contributed by atoms with van der Waals surface area (Å²) >= 11 is 0. The number of nitrogens with two attached hydrogens (primary N) is 1. The van der Waals surface area contributed by atoms with Crippen LogP contribution in [0.2, 0.25) is 0 Å². The second kappa shape index (κ2) is 6.64. The predicted octanol–water partition coefficient (Wildman–Crippen LogP) is 3.58. The van der Waals surface area contributed by atoms with E-state index in [-0.39, 0.29) is 12.1 Å². The number of carbonyl (C=O) groups excluding carboxylic acids is 1. The number of hydrogen-bond donors (Lipinski definition) is 2. The average Bonchev–Trinajstić information content (AvgIpc) is 2.41. The van der Waals surface area contributed by atoms with E-state index in [0.29, 0.717) is 17.3 Å². The Morgan fingerprint density at radius 3 is 2.65 bits per heavy atom. The first-order valence-electron chi connectivity index (χ1n) is 7.43. The minimum absolute atomic E-state index is 0.133. The standard InChI is InChI=1S/C16H24N2O2/c1-11(2)20-16(19)14-10-12(17)8-9-15(14)18-13-6-4-3-5-7-13/h8-11,13,18H,3-7,17H2,1-2H3. The van der Waals surface area contributed by atoms with Gasteiger partial charge in [-0.25, -0.2) is 4.79 Å². The van der Waals surface area contributed by atoms with Gasteiger partial charge in [0, 0.05) is 17.4 Å². The Kier molecular flexibility index (Phi) is 4.88. The molecule has 20 heavy (non-hydrogen) atoms. The molecule has 1 aliphatic carbocycles. The number of esters is 1. The zero-order chi connectivity index (χ0) is 14.5. The molecule has 110 valence electrons. The highest BCUT2D eigenvalue weighted by molar-refractivity contribution is 5.96. The normalized spacial score (nSPS) is 16.1. The van der Waals surface area contributed by atoms with Crippen LogP contribution < -0.4 is 11.1 Å². The molecule has 0 heterocycles. The lowest BCUT2D eigenvalue weighted by Crippen LogP contribution is -2.24. The van der Waals surface area contributed by atoms with Crippen molar-refractivity contribution >= 4 is 17.3 Å². The quantitative estimate of drug-likeness (QED) is 0.651. The van der Waals surface area contributed by atoms with Crippen molar-refractivity contribution in [2.75, 3.05) is 11.1 Å². The zero-order valence-corrected chi connectivity index (χ0v) is 12.3. The van der Waals surface area contributed by atoms with E-state index in [1.54, 1.807) is 6.07 Å². The Bertz CT molecular complexity index is 466. The van der Waals surface area contributed by atoms with Crippen LogP contribution >= 0.6 is 0 Å². The molecule has 0 bridgehead atoms. The number of nitrogen functional groups attached to an aromatic ring is 1. The van der Waals surface area contributed by atoms with Crippen molar-refractivity contribution < 1.29 is 9.53 Å². The molecule has 3 N–H and O–H groups in total. The molecule has 4 heteroatoms. The van der Waals surface area contributed by atoms with Gasteiger partial charge >= 0.3 is 5.97 Å². The summed E-state index contributed by atoms with van der Waals surface area (Å²) in [4.78, 5) is 12.2. The fourth-order valence-corrected chi connectivity index (χ4v) is 2.60. The third-order valence-corrected chi connectivity index (χ3v) is 3.57. The highest BCUT2D eigenvalue weighted by Crippen LogP contribution is 2.26. The molecular formula is C16H24N2O2. The summed E-state index contributed by atoms with van der Waals surface area (Å²) in [5, 5.41) is 3.47. The smallest absolute Gasteiger partial charge is 0.340 e. The van der Waals surface area contributed by atoms with Gasteiger partial charge in [-0.3, -0.25) is 0 Å². The number of nitrogens with one attached hydrogen (secondary N) is 1. The van der Waals surface area contributed by atoms with Crippen LogP contribution in [0.5, 0.6) is 0 Å². The van der Waals surface area contributed by atoms with Crippen molar-refractivity contribution in [1.82, 2.24) is 0 Å². The maximum Gasteiger partial charge on any atom is 0.340 e. The Labute approximate surface area is 120 Å². The van der Waals surface area contributed by atoms with Gasteiger partial charge in [-0.15, -0.1) is 0 Å². The number of hydrogen-bond acceptors (Lipinski definition) is 4. The molecule has 1 saturated carbocycles. The first-order chi connectivity index (χ1) is 9.56. The molecule has 1 aromatic carbocycles. The Balaban J connectivity index is 2.16. The largest absolute Gasteiger partial charge is 0.459 e. The van der Waals surface area contributed by atoms with Crippen molar-refractivity contribution in [2.45, 2.75) is 58.1 Å². The lowest BCUT2D eigenvalue weighted by molar-refractivity contribution is 0.0379. The topological polar surface area (TPSA) is 64.3 Å². The highest BCUT2D eigenvalue weighted by atomic mass is 16.5. The molecule has 0 aromatic heterocycles. The Morgan fingerprint density at radius 2 is 2.00 bits per heavy atom. The summed E-state index contributed by atoms with van der Waals surface area (Å²) in [6.07, 6.45) is 5.98. The molecule has 0 aliphatic heterocycles. The lowest BCUT2D eigenvalue weighted by atomic mass is 9.95. The molecule has 0 unspecified atom stereocenters. The molecule has 0 amide bonds. The fraction of sp³-hybridized carbons (Fsp3) is 0.562. The van der Waals surface area contributed by atoms with E-state index in [1.807, 2.05) is 26.0 Å². The van der Waals surface area contributed by atoms with Crippen molar-refractivity contribution in [3.8, 4) is 0 Å². The molecule has 1 fully saturated rings. The molecule has 1 aromatic rings. The lowest BCUT2D eigenvalue weighted by Gasteiger charge is -2.25. The Morgan fingerprint density at radius 1 is 1.30 bits per heavy atom. The van der Waals surface area contributed by atoms with Gasteiger partial charge in [0.15, 0.2) is 0 Å². The maximum atomic E-state index is 12.2. The van der Waals surface area contributed by atoms with Crippen LogP contribution in [0, 0.1) is 0 Å². The van der Waals surface area contributed by atoms with Gasteiger partial charge in [0.2, 0.25) is 0 Å². The first-order valence-corrected chi connectivity index (χ1v) is 7.43. The molecule has 1 aliphatic rings. The number of rotatable bonds is 4. The zero-order valence-electron chi connectivity index (χ0n) is 12.3. The highest BCUT2D eigenvalue weighted by Gasteiger charge is 2.19. The van der Waals surface area contributed by atoms with Crippen molar-refractivity contribution in [3.63, 3.8) is 0 Å². The summed E-state index contributed by atoms with van der Waals surface area (Å²) in [5.41, 5.74) is 7.73. The summed E-state index contributed by atoms with van der Waals surface area (Å²) < 4.78 is 5.29. The van der Waals surface area contributed by atoms with Gasteiger partial charge in [0.1, 0.15) is 0 Å². The second-order valence-electron chi connectivity index (χ2n) is 5.74. The average molecular weight is 276 g/mol. The van der Waals surface area contributed by atoms with Gasteiger partial charge in [0.05, 0.1) is 11.7 Å². The van der Waals surface area contributed by atoms with Crippen LogP contribution in [0.25, 0.3) is 0 Å². The molecule has 2 rings (SSSR count). The fourth-order valence-electron chi connectivity index (χ4n) is 2.60. The second-order valence-corrected chi connectivity index (χ2v) is 5.74. The summed E-state index contributed by atoms with van der Waals surface area (Å²) in [5.74, 6) is -0.314. The van der Waals surface area contributed by atoms with Crippen LogP contribution in [0.3, 0.4) is 0 Å². The monoisotopic (exact) mass is 276 g/mol. The van der Waals surface area contributed by atoms with Crippen molar-refractivity contribution in [3.05, 3.63) is 23.8 Å². The van der Waals surface area contributed by atoms with E-state index in [0.717, 1.165) is 18.5 Å². The van der Waals surface area contributed by atoms with Crippen molar-refractivity contribution in [2.24, 2.45) is 0 Å². The SMILES string of the molecule is CC(C)OC(=O)c1cc(N)ccc1NC1CCCCC1. The summed E-state index contributed by atoms with van der Waals surface area (Å²) in [7, 11) is 0. The third kappa shape index (κ3) is 3.89. The van der Waals surface area contributed by atoms with Crippen molar-refractivity contribution in [1.29, 1.82) is 0 Å². The van der Waals surface area contributed by atoms with Crippen LogP contribution in [-0.2, 0) is 4.74 Å². The molecule has 4 nitrogen and oxygen atoms in total. The van der Waals surface area contributed by atoms with Gasteiger partial charge in [-0.2, -0.15) is 0 Å². The predicted molar refractivity (Wildman–Crippen MR) is 81.9 cm³/mol. The molecular weight excluding hydrogens is 252 g/mol. The molecule has 0 radical (unpaired) electrons.